The van der Waals surface area contributed by atoms with Gasteiger partial charge in [-0.1, -0.05) is 13.8 Å². The molecule has 5 heteroatoms. The molecule has 1 heterocycles. The minimum atomic E-state index is -0.649. The van der Waals surface area contributed by atoms with E-state index in [1.54, 1.807) is 17.6 Å². The van der Waals surface area contributed by atoms with Crippen molar-refractivity contribution in [3.8, 4) is 5.75 Å². The first-order valence-corrected chi connectivity index (χ1v) is 7.56. The molecule has 124 valence electrons. The van der Waals surface area contributed by atoms with Gasteiger partial charge >= 0.3 is 0 Å². The van der Waals surface area contributed by atoms with Crippen molar-refractivity contribution in [2.75, 3.05) is 0 Å². The highest BCUT2D eigenvalue weighted by Crippen LogP contribution is 2.19. The first kappa shape index (κ1) is 17.2. The van der Waals surface area contributed by atoms with Crippen LogP contribution in [0.2, 0.25) is 0 Å². The Hall–Kier alpha value is -2.17. The van der Waals surface area contributed by atoms with Gasteiger partial charge in [0.2, 0.25) is 0 Å². The van der Waals surface area contributed by atoms with Gasteiger partial charge < -0.3 is 9.30 Å². The van der Waals surface area contributed by atoms with Crippen LogP contribution in [0.1, 0.15) is 30.7 Å². The summed E-state index contributed by atoms with van der Waals surface area (Å²) in [5.74, 6) is -0.502. The zero-order valence-corrected chi connectivity index (χ0v) is 13.8. The molecule has 1 aromatic carbocycles. The van der Waals surface area contributed by atoms with E-state index in [0.717, 1.165) is 11.8 Å². The van der Waals surface area contributed by atoms with Crippen LogP contribution in [0, 0.1) is 31.4 Å². The summed E-state index contributed by atoms with van der Waals surface area (Å²) in [6.45, 7) is 8.27. The number of hydrogen-bond acceptors (Lipinski definition) is 2. The summed E-state index contributed by atoms with van der Waals surface area (Å²) in [6, 6.07) is 5.03. The normalized spacial score (nSPS) is 11.1. The van der Waals surface area contributed by atoms with Crippen LogP contribution in [-0.4, -0.2) is 4.57 Å². The number of nitrogens with zero attached hydrogens (tertiary/aromatic N) is 1. The summed E-state index contributed by atoms with van der Waals surface area (Å²) in [5.41, 5.74) is 1.58. The molecule has 3 nitrogen and oxygen atoms in total. The van der Waals surface area contributed by atoms with Crippen molar-refractivity contribution in [2.24, 2.45) is 5.92 Å². The van der Waals surface area contributed by atoms with Gasteiger partial charge in [-0.2, -0.15) is 0 Å². The lowest BCUT2D eigenvalue weighted by Gasteiger charge is -2.16. The maximum absolute atomic E-state index is 13.2. The Morgan fingerprint density at radius 3 is 2.26 bits per heavy atom. The SMILES string of the molecule is Cc1c(OCc2cc(F)cc(F)c2)cc(C)n(CC(C)C)c1=O. The quantitative estimate of drug-likeness (QED) is 0.834. The Kier molecular flexibility index (Phi) is 5.19. The van der Waals surface area contributed by atoms with Gasteiger partial charge in [0, 0.05) is 18.3 Å². The molecule has 0 saturated heterocycles. The van der Waals surface area contributed by atoms with Crippen LogP contribution >= 0.6 is 0 Å². The van der Waals surface area contributed by atoms with Gasteiger partial charge in [0.1, 0.15) is 24.0 Å². The fourth-order valence-electron chi connectivity index (χ4n) is 2.44. The van der Waals surface area contributed by atoms with Crippen LogP contribution in [0.15, 0.2) is 29.1 Å². The molecular formula is C18H21F2NO2. The maximum atomic E-state index is 13.2. The number of hydrogen-bond donors (Lipinski definition) is 0. The van der Waals surface area contributed by atoms with Gasteiger partial charge in [-0.15, -0.1) is 0 Å². The van der Waals surface area contributed by atoms with E-state index in [9.17, 15) is 13.6 Å². The zero-order valence-electron chi connectivity index (χ0n) is 13.8. The smallest absolute Gasteiger partial charge is 0.257 e. The summed E-state index contributed by atoms with van der Waals surface area (Å²) in [7, 11) is 0. The minimum absolute atomic E-state index is 0.00257. The highest BCUT2D eigenvalue weighted by Gasteiger charge is 2.12. The van der Waals surface area contributed by atoms with Crippen LogP contribution in [-0.2, 0) is 13.2 Å². The summed E-state index contributed by atoms with van der Waals surface area (Å²) in [5, 5.41) is 0. The van der Waals surface area contributed by atoms with Crippen LogP contribution in [0.4, 0.5) is 8.78 Å². The molecule has 0 aliphatic heterocycles. The van der Waals surface area contributed by atoms with Crippen molar-refractivity contribution in [3.05, 3.63) is 63.1 Å². The van der Waals surface area contributed by atoms with Gasteiger partial charge in [0.15, 0.2) is 0 Å². The van der Waals surface area contributed by atoms with Gasteiger partial charge in [-0.25, -0.2) is 8.78 Å². The summed E-state index contributed by atoms with van der Waals surface area (Å²) in [6.07, 6.45) is 0. The van der Waals surface area contributed by atoms with Crippen molar-refractivity contribution in [1.29, 1.82) is 0 Å². The minimum Gasteiger partial charge on any atom is -0.488 e. The largest absolute Gasteiger partial charge is 0.488 e. The molecule has 0 atom stereocenters. The molecule has 0 amide bonds. The fourth-order valence-corrected chi connectivity index (χ4v) is 2.44. The van der Waals surface area contributed by atoms with E-state index in [0.29, 0.717) is 29.3 Å². The number of rotatable bonds is 5. The van der Waals surface area contributed by atoms with E-state index in [4.69, 9.17) is 4.74 Å². The van der Waals surface area contributed by atoms with Crippen molar-refractivity contribution in [3.63, 3.8) is 0 Å². The Morgan fingerprint density at radius 1 is 1.09 bits per heavy atom. The molecule has 0 N–H and O–H groups in total. The molecular weight excluding hydrogens is 300 g/mol. The van der Waals surface area contributed by atoms with E-state index in [1.807, 2.05) is 20.8 Å². The van der Waals surface area contributed by atoms with Crippen LogP contribution in [0.5, 0.6) is 5.75 Å². The molecule has 23 heavy (non-hydrogen) atoms. The summed E-state index contributed by atoms with van der Waals surface area (Å²) < 4.78 is 33.7. The van der Waals surface area contributed by atoms with Gasteiger partial charge in [-0.3, -0.25) is 4.79 Å². The Balaban J connectivity index is 2.25. The molecule has 2 rings (SSSR count). The zero-order chi connectivity index (χ0) is 17.1. The molecule has 0 aliphatic rings. The predicted molar refractivity (Wildman–Crippen MR) is 85.7 cm³/mol. The molecule has 0 unspecified atom stereocenters. The van der Waals surface area contributed by atoms with Crippen molar-refractivity contribution in [1.82, 2.24) is 4.57 Å². The monoisotopic (exact) mass is 321 g/mol. The number of aryl methyl sites for hydroxylation is 1. The highest BCUT2D eigenvalue weighted by atomic mass is 19.1. The van der Waals surface area contributed by atoms with Crippen LogP contribution < -0.4 is 10.3 Å². The number of benzene rings is 1. The predicted octanol–water partition coefficient (Wildman–Crippen LogP) is 3.98. The van der Waals surface area contributed by atoms with E-state index < -0.39 is 11.6 Å². The topological polar surface area (TPSA) is 31.2 Å². The molecule has 2 aromatic rings. The molecule has 0 spiro atoms. The average molecular weight is 321 g/mol. The van der Waals surface area contributed by atoms with Gasteiger partial charge in [-0.05, 0) is 43.5 Å². The molecule has 0 bridgehead atoms. The van der Waals surface area contributed by atoms with Gasteiger partial charge in [0.25, 0.3) is 5.56 Å². The number of pyridine rings is 1. The first-order chi connectivity index (χ1) is 10.8. The Morgan fingerprint density at radius 2 is 1.70 bits per heavy atom. The molecule has 0 radical (unpaired) electrons. The molecule has 1 aromatic heterocycles. The van der Waals surface area contributed by atoms with E-state index in [2.05, 4.69) is 0 Å². The van der Waals surface area contributed by atoms with Gasteiger partial charge in [0.05, 0.1) is 5.56 Å². The van der Waals surface area contributed by atoms with Crippen molar-refractivity contribution in [2.45, 2.75) is 40.8 Å². The average Bonchev–Trinajstić information content (AvgIpc) is 2.45. The second kappa shape index (κ2) is 6.94. The second-order valence-electron chi connectivity index (χ2n) is 6.15. The standard InChI is InChI=1S/C18H21F2NO2/c1-11(2)9-21-12(3)5-17(13(4)18(21)22)23-10-14-6-15(19)8-16(20)7-14/h5-8,11H,9-10H2,1-4H3. The third-order valence-electron chi connectivity index (χ3n) is 3.57. The van der Waals surface area contributed by atoms with Crippen molar-refractivity contribution < 1.29 is 13.5 Å². The fraction of sp³-hybridized carbons (Fsp3) is 0.389. The lowest BCUT2D eigenvalue weighted by molar-refractivity contribution is 0.300. The number of aromatic nitrogens is 1. The maximum Gasteiger partial charge on any atom is 0.257 e. The third kappa shape index (κ3) is 4.18. The third-order valence-corrected chi connectivity index (χ3v) is 3.57. The Bertz CT molecular complexity index is 746. The second-order valence-corrected chi connectivity index (χ2v) is 6.15. The van der Waals surface area contributed by atoms with E-state index in [-0.39, 0.29) is 12.2 Å². The molecule has 0 fully saturated rings. The van der Waals surface area contributed by atoms with Crippen LogP contribution in [0.3, 0.4) is 0 Å². The van der Waals surface area contributed by atoms with Crippen molar-refractivity contribution >= 4 is 0 Å². The van der Waals surface area contributed by atoms with E-state index in [1.165, 1.54) is 12.1 Å². The number of ether oxygens (including phenoxy) is 1. The number of halogens is 2. The highest BCUT2D eigenvalue weighted by molar-refractivity contribution is 5.33. The van der Waals surface area contributed by atoms with Crippen LogP contribution in [0.25, 0.3) is 0 Å². The molecule has 0 saturated carbocycles. The Labute approximate surface area is 134 Å². The summed E-state index contributed by atoms with van der Waals surface area (Å²) >= 11 is 0. The molecule has 0 aliphatic carbocycles. The first-order valence-electron chi connectivity index (χ1n) is 7.56. The summed E-state index contributed by atoms with van der Waals surface area (Å²) in [4.78, 5) is 12.4. The lowest BCUT2D eigenvalue weighted by atomic mass is 10.2. The van der Waals surface area contributed by atoms with E-state index >= 15 is 0 Å². The lowest BCUT2D eigenvalue weighted by Crippen LogP contribution is -2.26.